The molecule has 2 amide bonds. The molecule has 22 heavy (non-hydrogen) atoms. The molecule has 1 aliphatic rings. The van der Waals surface area contributed by atoms with Gasteiger partial charge in [0.15, 0.2) is 0 Å². The van der Waals surface area contributed by atoms with Crippen LogP contribution in [0.3, 0.4) is 0 Å². The first-order chi connectivity index (χ1) is 10.4. The number of alkyl halides is 3. The van der Waals surface area contributed by atoms with Crippen molar-refractivity contribution in [1.82, 2.24) is 5.32 Å². The van der Waals surface area contributed by atoms with Crippen molar-refractivity contribution in [2.45, 2.75) is 18.3 Å². The Morgan fingerprint density at radius 3 is 2.77 bits per heavy atom. The van der Waals surface area contributed by atoms with Crippen molar-refractivity contribution in [3.63, 3.8) is 0 Å². The maximum absolute atomic E-state index is 12.0. The zero-order valence-corrected chi connectivity index (χ0v) is 12.5. The van der Waals surface area contributed by atoms with Crippen LogP contribution in [0.2, 0.25) is 0 Å². The molecule has 4 nitrogen and oxygen atoms in total. The number of rotatable bonds is 5. The lowest BCUT2D eigenvalue weighted by molar-refractivity contribution is -0.117. The Bertz CT molecular complexity index is 563. The highest BCUT2D eigenvalue weighted by Crippen LogP contribution is 2.29. The fourth-order valence-electron chi connectivity index (χ4n) is 2.17. The number of benzene rings is 1. The summed E-state index contributed by atoms with van der Waals surface area (Å²) in [5.74, 6) is -0.671. The molecule has 0 saturated carbocycles. The van der Waals surface area contributed by atoms with Crippen molar-refractivity contribution < 1.29 is 22.8 Å². The summed E-state index contributed by atoms with van der Waals surface area (Å²) in [4.78, 5) is 25.2. The van der Waals surface area contributed by atoms with Crippen LogP contribution in [0.5, 0.6) is 0 Å². The lowest BCUT2D eigenvalue weighted by Crippen LogP contribution is -2.27. The number of carbonyl (C=O) groups excluding carboxylic acids is 2. The number of carbonyl (C=O) groups is 2. The van der Waals surface area contributed by atoms with E-state index in [0.29, 0.717) is 24.2 Å². The van der Waals surface area contributed by atoms with Gasteiger partial charge in [0.1, 0.15) is 0 Å². The molecule has 0 radical (unpaired) electrons. The number of anilines is 1. The van der Waals surface area contributed by atoms with Gasteiger partial charge in [-0.2, -0.15) is 13.2 Å². The number of hydrogen-bond donors (Lipinski definition) is 1. The topological polar surface area (TPSA) is 49.4 Å². The summed E-state index contributed by atoms with van der Waals surface area (Å²) < 4.78 is 35.9. The van der Waals surface area contributed by atoms with Gasteiger partial charge in [0.05, 0.1) is 0 Å². The highest BCUT2D eigenvalue weighted by Gasteiger charge is 2.27. The molecule has 0 atom stereocenters. The molecule has 0 bridgehead atoms. The van der Waals surface area contributed by atoms with E-state index in [1.165, 1.54) is 0 Å². The molecule has 0 unspecified atom stereocenters. The number of hydrogen-bond acceptors (Lipinski definition) is 3. The minimum absolute atomic E-state index is 0.0131. The molecule has 1 N–H and O–H groups in total. The Balaban J connectivity index is 1.91. The van der Waals surface area contributed by atoms with E-state index < -0.39 is 11.4 Å². The van der Waals surface area contributed by atoms with Crippen molar-refractivity contribution >= 4 is 29.3 Å². The summed E-state index contributed by atoms with van der Waals surface area (Å²) in [6.07, 6.45) is 1.27. The third kappa shape index (κ3) is 4.66. The summed E-state index contributed by atoms with van der Waals surface area (Å²) in [6.45, 7) is 0.544. The van der Waals surface area contributed by atoms with Gasteiger partial charge in [0, 0.05) is 36.5 Å². The first-order valence-corrected chi connectivity index (χ1v) is 7.75. The zero-order chi connectivity index (χ0) is 16.2. The Morgan fingerprint density at radius 2 is 2.14 bits per heavy atom. The van der Waals surface area contributed by atoms with E-state index in [4.69, 9.17) is 0 Å². The van der Waals surface area contributed by atoms with Gasteiger partial charge in [0.25, 0.3) is 5.91 Å². The third-order valence-corrected chi connectivity index (χ3v) is 3.88. The third-order valence-electron chi connectivity index (χ3n) is 3.15. The molecule has 0 spiro atoms. The predicted molar refractivity (Wildman–Crippen MR) is 78.9 cm³/mol. The van der Waals surface area contributed by atoms with E-state index >= 15 is 0 Å². The Hall–Kier alpha value is -1.70. The van der Waals surface area contributed by atoms with Crippen molar-refractivity contribution in [3.05, 3.63) is 29.8 Å². The van der Waals surface area contributed by atoms with Crippen LogP contribution in [0.4, 0.5) is 18.9 Å². The molecule has 120 valence electrons. The summed E-state index contributed by atoms with van der Waals surface area (Å²) >= 11 is -0.173. The van der Waals surface area contributed by atoms with Crippen LogP contribution in [0.25, 0.3) is 0 Å². The van der Waals surface area contributed by atoms with E-state index in [0.717, 1.165) is 6.42 Å². The van der Waals surface area contributed by atoms with Gasteiger partial charge in [-0.25, -0.2) is 0 Å². The first-order valence-electron chi connectivity index (χ1n) is 6.76. The zero-order valence-electron chi connectivity index (χ0n) is 11.7. The summed E-state index contributed by atoms with van der Waals surface area (Å²) in [5.41, 5.74) is -3.32. The molecule has 8 heteroatoms. The molecule has 0 aliphatic carbocycles. The van der Waals surface area contributed by atoms with Crippen LogP contribution in [0.15, 0.2) is 24.3 Å². The Morgan fingerprint density at radius 1 is 1.36 bits per heavy atom. The van der Waals surface area contributed by atoms with Gasteiger partial charge in [-0.3, -0.25) is 9.59 Å². The molecule has 1 fully saturated rings. The maximum Gasteiger partial charge on any atom is 0.441 e. The number of nitrogens with zero attached hydrogens (tertiary/aromatic N) is 1. The standard InChI is InChI=1S/C14H15F3N2O2S/c15-14(16,17)22-8-6-18-13(21)10-3-1-4-11(9-10)19-7-2-5-12(19)20/h1,3-4,9H,2,5-8H2,(H,18,21). The number of halogens is 3. The predicted octanol–water partition coefficient (Wildman–Crippen LogP) is 2.80. The minimum atomic E-state index is -4.29. The average Bonchev–Trinajstić information content (AvgIpc) is 2.89. The molecule has 1 aliphatic heterocycles. The van der Waals surface area contributed by atoms with Gasteiger partial charge in [-0.1, -0.05) is 6.07 Å². The molecular formula is C14H15F3N2O2S. The van der Waals surface area contributed by atoms with Gasteiger partial charge in [0.2, 0.25) is 5.91 Å². The van der Waals surface area contributed by atoms with E-state index in [-0.39, 0.29) is 30.0 Å². The lowest BCUT2D eigenvalue weighted by Gasteiger charge is -2.16. The van der Waals surface area contributed by atoms with Crippen LogP contribution in [-0.4, -0.2) is 36.2 Å². The summed E-state index contributed by atoms with van der Waals surface area (Å²) in [5, 5.41) is 2.44. The smallest absolute Gasteiger partial charge is 0.351 e. The van der Waals surface area contributed by atoms with Gasteiger partial charge in [-0.15, -0.1) is 0 Å². The normalized spacial score (nSPS) is 15.2. The van der Waals surface area contributed by atoms with Crippen LogP contribution in [0.1, 0.15) is 23.2 Å². The molecule has 2 rings (SSSR count). The van der Waals surface area contributed by atoms with Gasteiger partial charge in [-0.05, 0) is 36.4 Å². The molecule has 1 aromatic rings. The van der Waals surface area contributed by atoms with Crippen molar-refractivity contribution in [2.75, 3.05) is 23.7 Å². The summed E-state index contributed by atoms with van der Waals surface area (Å²) in [6, 6.07) is 6.53. The monoisotopic (exact) mass is 332 g/mol. The van der Waals surface area contributed by atoms with Crippen LogP contribution < -0.4 is 10.2 Å². The summed E-state index contributed by atoms with van der Waals surface area (Å²) in [7, 11) is 0. The fraction of sp³-hybridized carbons (Fsp3) is 0.429. The highest BCUT2D eigenvalue weighted by molar-refractivity contribution is 8.00. The molecular weight excluding hydrogens is 317 g/mol. The molecule has 0 aromatic heterocycles. The van der Waals surface area contributed by atoms with Gasteiger partial charge >= 0.3 is 5.51 Å². The molecule has 1 aromatic carbocycles. The second kappa shape index (κ2) is 7.04. The minimum Gasteiger partial charge on any atom is -0.351 e. The largest absolute Gasteiger partial charge is 0.441 e. The van der Waals surface area contributed by atoms with Gasteiger partial charge < -0.3 is 10.2 Å². The van der Waals surface area contributed by atoms with E-state index in [1.54, 1.807) is 29.2 Å². The lowest BCUT2D eigenvalue weighted by atomic mass is 10.1. The maximum atomic E-state index is 12.0. The number of thioether (sulfide) groups is 1. The quantitative estimate of drug-likeness (QED) is 0.844. The van der Waals surface area contributed by atoms with E-state index in [1.807, 2.05) is 0 Å². The fourth-order valence-corrected chi connectivity index (χ4v) is 2.61. The number of amides is 2. The van der Waals surface area contributed by atoms with E-state index in [2.05, 4.69) is 5.32 Å². The Labute approximate surface area is 130 Å². The molecule has 1 heterocycles. The first kappa shape index (κ1) is 16.7. The van der Waals surface area contributed by atoms with Crippen LogP contribution >= 0.6 is 11.8 Å². The van der Waals surface area contributed by atoms with Crippen molar-refractivity contribution in [1.29, 1.82) is 0 Å². The number of nitrogens with one attached hydrogen (secondary N) is 1. The second-order valence-electron chi connectivity index (χ2n) is 4.75. The highest BCUT2D eigenvalue weighted by atomic mass is 32.2. The van der Waals surface area contributed by atoms with Crippen LogP contribution in [-0.2, 0) is 4.79 Å². The van der Waals surface area contributed by atoms with Crippen molar-refractivity contribution in [2.24, 2.45) is 0 Å². The van der Waals surface area contributed by atoms with Crippen LogP contribution in [0, 0.1) is 0 Å². The SMILES string of the molecule is O=C(NCCSC(F)(F)F)c1cccc(N2CCCC2=O)c1. The second-order valence-corrected chi connectivity index (χ2v) is 5.91. The van der Waals surface area contributed by atoms with Crippen molar-refractivity contribution in [3.8, 4) is 0 Å². The Kier molecular flexibility index (Phi) is 5.33. The average molecular weight is 332 g/mol. The molecule has 1 saturated heterocycles. The van der Waals surface area contributed by atoms with E-state index in [9.17, 15) is 22.8 Å².